The maximum absolute atomic E-state index is 10.1. The summed E-state index contributed by atoms with van der Waals surface area (Å²) in [7, 11) is 0. The Morgan fingerprint density at radius 2 is 1.43 bits per heavy atom. The number of phenolic OH excluding ortho intramolecular Hbond substituents is 1. The number of rotatable bonds is 0. The number of phenols is 1. The van der Waals surface area contributed by atoms with Gasteiger partial charge in [0.1, 0.15) is 5.75 Å². The largest absolute Gasteiger partial charge is 0.508 e. The molecule has 0 aliphatic heterocycles. The quantitative estimate of drug-likeness (QED) is 0.421. The first kappa shape index (κ1) is 15.7. The van der Waals surface area contributed by atoms with Gasteiger partial charge in [0, 0.05) is 5.41 Å². The van der Waals surface area contributed by atoms with Crippen molar-refractivity contribution in [1.29, 1.82) is 0 Å². The molecule has 134 valence electrons. The molecule has 0 unspecified atom stereocenters. The molecule has 0 bridgehead atoms. The van der Waals surface area contributed by atoms with Crippen molar-refractivity contribution >= 4 is 44.0 Å². The normalized spacial score (nSPS) is 16.9. The Morgan fingerprint density at radius 3 is 2.21 bits per heavy atom. The lowest BCUT2D eigenvalue weighted by Crippen LogP contribution is -2.27. The SMILES string of the molecule is CC1(C)C=CC=C2C=c3cc4c5ccccc5c5cc(O)ccc5c4cc3=C21. The Labute approximate surface area is 163 Å². The number of hydrogen-bond acceptors (Lipinski definition) is 1. The molecule has 28 heavy (non-hydrogen) atoms. The van der Waals surface area contributed by atoms with Crippen LogP contribution < -0.4 is 10.4 Å². The van der Waals surface area contributed by atoms with Gasteiger partial charge in [-0.05, 0) is 84.2 Å². The van der Waals surface area contributed by atoms with Gasteiger partial charge in [-0.15, -0.1) is 0 Å². The van der Waals surface area contributed by atoms with Gasteiger partial charge in [0.05, 0.1) is 0 Å². The molecule has 0 atom stereocenters. The molecule has 0 amide bonds. The molecule has 0 radical (unpaired) electrons. The molecule has 2 aliphatic carbocycles. The van der Waals surface area contributed by atoms with Crippen LogP contribution in [0.25, 0.3) is 44.0 Å². The lowest BCUT2D eigenvalue weighted by atomic mass is 9.77. The summed E-state index contributed by atoms with van der Waals surface area (Å²) in [4.78, 5) is 0. The first-order valence-corrected chi connectivity index (χ1v) is 9.77. The van der Waals surface area contributed by atoms with Crippen LogP contribution in [-0.4, -0.2) is 5.11 Å². The maximum atomic E-state index is 10.1. The average molecular weight is 360 g/mol. The van der Waals surface area contributed by atoms with E-state index in [2.05, 4.69) is 80.6 Å². The zero-order valence-corrected chi connectivity index (χ0v) is 16.0. The van der Waals surface area contributed by atoms with Crippen molar-refractivity contribution in [3.05, 3.63) is 88.8 Å². The first-order chi connectivity index (χ1) is 13.5. The molecule has 0 saturated carbocycles. The van der Waals surface area contributed by atoms with Gasteiger partial charge in [0.2, 0.25) is 0 Å². The molecular formula is C27H20O. The summed E-state index contributed by atoms with van der Waals surface area (Å²) < 4.78 is 0. The van der Waals surface area contributed by atoms with Crippen molar-refractivity contribution in [1.82, 2.24) is 0 Å². The zero-order chi connectivity index (χ0) is 19.0. The fourth-order valence-electron chi connectivity index (χ4n) is 5.06. The molecule has 0 aromatic heterocycles. The van der Waals surface area contributed by atoms with Gasteiger partial charge in [0.25, 0.3) is 0 Å². The number of allylic oxidation sites excluding steroid dienone is 4. The summed E-state index contributed by atoms with van der Waals surface area (Å²) in [6.45, 7) is 4.57. The lowest BCUT2D eigenvalue weighted by Gasteiger charge is -2.26. The Hall–Kier alpha value is -3.32. The van der Waals surface area contributed by atoms with E-state index in [1.165, 1.54) is 48.5 Å². The second-order valence-corrected chi connectivity index (χ2v) is 8.48. The third-order valence-corrected chi connectivity index (χ3v) is 6.29. The number of fused-ring (bicyclic) bond motifs is 8. The van der Waals surface area contributed by atoms with E-state index in [4.69, 9.17) is 0 Å². The molecular weight excluding hydrogens is 340 g/mol. The molecule has 0 heterocycles. The summed E-state index contributed by atoms with van der Waals surface area (Å²) in [6.07, 6.45) is 9.01. The lowest BCUT2D eigenvalue weighted by molar-refractivity contribution is 0.476. The van der Waals surface area contributed by atoms with E-state index in [1.54, 1.807) is 6.07 Å². The predicted molar refractivity (Wildman–Crippen MR) is 119 cm³/mol. The highest BCUT2D eigenvalue weighted by atomic mass is 16.3. The molecule has 1 nitrogen and oxygen atoms in total. The summed E-state index contributed by atoms with van der Waals surface area (Å²) in [5.74, 6) is 0.310. The van der Waals surface area contributed by atoms with E-state index in [-0.39, 0.29) is 5.41 Å². The number of benzene rings is 4. The Balaban J connectivity index is 1.90. The predicted octanol–water partition coefficient (Wildman–Crippen LogP) is 5.32. The highest BCUT2D eigenvalue weighted by molar-refractivity contribution is 6.25. The van der Waals surface area contributed by atoms with Crippen LogP contribution >= 0.6 is 0 Å². The van der Waals surface area contributed by atoms with Crippen LogP contribution in [0.4, 0.5) is 0 Å². The second-order valence-electron chi connectivity index (χ2n) is 8.48. The molecule has 6 rings (SSSR count). The Bertz CT molecular complexity index is 1530. The molecule has 4 aromatic rings. The molecule has 0 saturated heterocycles. The van der Waals surface area contributed by atoms with E-state index >= 15 is 0 Å². The van der Waals surface area contributed by atoms with Gasteiger partial charge in [-0.25, -0.2) is 0 Å². The summed E-state index contributed by atoms with van der Waals surface area (Å²) >= 11 is 0. The summed E-state index contributed by atoms with van der Waals surface area (Å²) in [6, 6.07) is 19.0. The monoisotopic (exact) mass is 360 g/mol. The fourth-order valence-corrected chi connectivity index (χ4v) is 5.06. The van der Waals surface area contributed by atoms with Crippen molar-refractivity contribution < 1.29 is 5.11 Å². The highest BCUT2D eigenvalue weighted by Crippen LogP contribution is 2.40. The minimum atomic E-state index is 0.0183. The van der Waals surface area contributed by atoms with E-state index in [0.29, 0.717) is 5.75 Å². The van der Waals surface area contributed by atoms with Crippen LogP contribution in [0.5, 0.6) is 5.75 Å². The number of hydrogen-bond donors (Lipinski definition) is 1. The molecule has 4 aromatic carbocycles. The van der Waals surface area contributed by atoms with E-state index in [1.807, 2.05) is 6.07 Å². The van der Waals surface area contributed by atoms with Gasteiger partial charge >= 0.3 is 0 Å². The van der Waals surface area contributed by atoms with Crippen molar-refractivity contribution in [3.8, 4) is 5.75 Å². The summed E-state index contributed by atoms with van der Waals surface area (Å²) in [5.41, 5.74) is 2.75. The van der Waals surface area contributed by atoms with Gasteiger partial charge in [-0.2, -0.15) is 0 Å². The van der Waals surface area contributed by atoms with Crippen LogP contribution in [0.1, 0.15) is 13.8 Å². The molecule has 0 spiro atoms. The van der Waals surface area contributed by atoms with Crippen molar-refractivity contribution in [3.63, 3.8) is 0 Å². The average Bonchev–Trinajstić information content (AvgIpc) is 3.05. The molecule has 2 aliphatic rings. The van der Waals surface area contributed by atoms with Crippen LogP contribution in [0.2, 0.25) is 0 Å². The standard InChI is InChI=1S/C27H20O/c1-27(2)11-5-6-16-12-17-13-23-19-7-3-4-8-20(19)24-14-18(28)9-10-21(24)25(23)15-22(17)26(16)27/h3-15,28H,1-2H3. The Kier molecular flexibility index (Phi) is 2.88. The van der Waals surface area contributed by atoms with Gasteiger partial charge in [-0.3, -0.25) is 0 Å². The second kappa shape index (κ2) is 5.14. The van der Waals surface area contributed by atoms with Crippen molar-refractivity contribution in [2.75, 3.05) is 0 Å². The smallest absolute Gasteiger partial charge is 0.116 e. The van der Waals surface area contributed by atoms with Gasteiger partial charge in [-0.1, -0.05) is 62.4 Å². The third kappa shape index (κ3) is 1.96. The molecule has 1 N–H and O–H groups in total. The van der Waals surface area contributed by atoms with E-state index < -0.39 is 0 Å². The van der Waals surface area contributed by atoms with E-state index in [9.17, 15) is 5.11 Å². The van der Waals surface area contributed by atoms with Gasteiger partial charge < -0.3 is 5.11 Å². The first-order valence-electron chi connectivity index (χ1n) is 9.77. The fraction of sp³-hybridized carbons (Fsp3) is 0.111. The van der Waals surface area contributed by atoms with Crippen LogP contribution in [0.15, 0.2) is 78.4 Å². The number of aromatic hydroxyl groups is 1. The van der Waals surface area contributed by atoms with Crippen LogP contribution in [0, 0.1) is 5.41 Å². The zero-order valence-electron chi connectivity index (χ0n) is 16.0. The minimum Gasteiger partial charge on any atom is -0.508 e. The molecule has 0 fully saturated rings. The third-order valence-electron chi connectivity index (χ3n) is 6.29. The van der Waals surface area contributed by atoms with Crippen LogP contribution in [0.3, 0.4) is 0 Å². The Morgan fingerprint density at radius 1 is 0.750 bits per heavy atom. The van der Waals surface area contributed by atoms with Crippen molar-refractivity contribution in [2.24, 2.45) is 5.41 Å². The highest BCUT2D eigenvalue weighted by Gasteiger charge is 2.28. The van der Waals surface area contributed by atoms with E-state index in [0.717, 1.165) is 5.39 Å². The van der Waals surface area contributed by atoms with Crippen LogP contribution in [-0.2, 0) is 0 Å². The van der Waals surface area contributed by atoms with Gasteiger partial charge in [0.15, 0.2) is 0 Å². The maximum Gasteiger partial charge on any atom is 0.116 e. The summed E-state index contributed by atoms with van der Waals surface area (Å²) in [5, 5.41) is 20.0. The molecule has 1 heteroatoms. The minimum absolute atomic E-state index is 0.0183. The van der Waals surface area contributed by atoms with Crippen molar-refractivity contribution in [2.45, 2.75) is 13.8 Å². The topological polar surface area (TPSA) is 20.2 Å².